The van der Waals surface area contributed by atoms with Crippen molar-refractivity contribution in [3.05, 3.63) is 78.2 Å². The Morgan fingerprint density at radius 3 is 1.61 bits per heavy atom. The van der Waals surface area contributed by atoms with Crippen molar-refractivity contribution >= 4 is 11.6 Å². The molecule has 0 atom stereocenters. The summed E-state index contributed by atoms with van der Waals surface area (Å²) in [5, 5.41) is 3.38. The second-order valence-corrected chi connectivity index (χ2v) is 4.90. The number of alkyl halides is 3. The van der Waals surface area contributed by atoms with Crippen molar-refractivity contribution in [2.45, 2.75) is 20.0 Å². The number of halogens is 4. The molecule has 0 spiro atoms. The summed E-state index contributed by atoms with van der Waals surface area (Å²) < 4.78 is 67.7. The van der Waals surface area contributed by atoms with E-state index in [9.17, 15) is 17.6 Å². The van der Waals surface area contributed by atoms with Crippen molar-refractivity contribution in [1.29, 1.82) is 0 Å². The predicted molar refractivity (Wildman–Crippen MR) is 100 cm³/mol. The first kappa shape index (κ1) is 25.2. The number of hydrogen-bond acceptors (Lipinski definition) is 3. The molecule has 0 bridgehead atoms. The molecular weight excluding hydrogens is 396 g/mol. The zero-order valence-electron chi connectivity index (χ0n) is 15.5. The van der Waals surface area contributed by atoms with Gasteiger partial charge in [0.05, 0.1) is 5.69 Å². The van der Waals surface area contributed by atoms with E-state index in [0.717, 1.165) is 10.7 Å². The highest BCUT2D eigenvalue weighted by molar-refractivity contribution is 7.51. The van der Waals surface area contributed by atoms with E-state index in [1.807, 2.05) is 50.2 Å². The third kappa shape index (κ3) is 9.22. The fraction of sp³-hybridized carbons (Fsp3) is 0.211. The molecule has 3 aromatic rings. The minimum Gasteiger partial charge on any atom is -0.267 e. The normalized spacial score (nSPS) is 9.54. The van der Waals surface area contributed by atoms with Crippen molar-refractivity contribution in [2.24, 2.45) is 7.05 Å². The van der Waals surface area contributed by atoms with Crippen LogP contribution in [0.15, 0.2) is 66.7 Å². The van der Waals surface area contributed by atoms with Crippen LogP contribution in [0.5, 0.6) is 0 Å². The summed E-state index contributed by atoms with van der Waals surface area (Å²) in [5.74, 6) is -0.438. The number of aromatic nitrogens is 2. The van der Waals surface area contributed by atoms with Crippen molar-refractivity contribution in [3.63, 3.8) is 0 Å². The zero-order chi connectivity index (χ0) is 21.6. The molecule has 0 saturated heterocycles. The second kappa shape index (κ2) is 13.4. The first-order valence-corrected chi connectivity index (χ1v) is 8.75. The monoisotopic (exact) mass is 416 g/mol. The van der Waals surface area contributed by atoms with Gasteiger partial charge in [0.15, 0.2) is 5.69 Å². The number of benzene rings is 2. The molecule has 0 unspecified atom stereocenters. The molecule has 28 heavy (non-hydrogen) atoms. The summed E-state index contributed by atoms with van der Waals surface area (Å²) in [7, 11) is 1.41. The highest BCUT2D eigenvalue weighted by Gasteiger charge is 2.34. The Hall–Kier alpha value is -2.81. The maximum Gasteiger partial charge on any atom is 0.435 e. The molecule has 0 saturated carbocycles. The SMILES string of the molecule is CC.Cn1nc(C(F)(F)F)cc1-c1ccc(F)cc1.O=S=O.c1ccccc1. The smallest absolute Gasteiger partial charge is 0.267 e. The summed E-state index contributed by atoms with van der Waals surface area (Å²) >= 11 is -0.750. The summed E-state index contributed by atoms with van der Waals surface area (Å²) in [5.41, 5.74) is -0.187. The molecule has 0 aliphatic heterocycles. The van der Waals surface area contributed by atoms with Crippen LogP contribution in [0.3, 0.4) is 0 Å². The van der Waals surface area contributed by atoms with E-state index in [1.165, 1.54) is 31.3 Å². The van der Waals surface area contributed by atoms with Gasteiger partial charge >= 0.3 is 17.7 Å². The number of aryl methyl sites for hydroxylation is 1. The molecule has 0 N–H and O–H groups in total. The molecule has 0 aliphatic carbocycles. The average molecular weight is 416 g/mol. The molecule has 4 nitrogen and oxygen atoms in total. The molecular formula is C19H20F4N2O2S. The van der Waals surface area contributed by atoms with Crippen LogP contribution in [0.4, 0.5) is 17.6 Å². The van der Waals surface area contributed by atoms with Crippen LogP contribution in [-0.2, 0) is 24.8 Å². The van der Waals surface area contributed by atoms with E-state index in [1.54, 1.807) is 0 Å². The van der Waals surface area contributed by atoms with Crippen LogP contribution in [0, 0.1) is 5.82 Å². The van der Waals surface area contributed by atoms with Gasteiger partial charge in [0, 0.05) is 7.05 Å². The predicted octanol–water partition coefficient (Wildman–Crippen LogP) is 5.29. The van der Waals surface area contributed by atoms with Crippen LogP contribution in [0.25, 0.3) is 11.3 Å². The topological polar surface area (TPSA) is 52.0 Å². The van der Waals surface area contributed by atoms with Gasteiger partial charge in [-0.05, 0) is 35.9 Å². The summed E-state index contributed by atoms with van der Waals surface area (Å²) in [6, 6.07) is 18.1. The Morgan fingerprint density at radius 2 is 1.29 bits per heavy atom. The molecule has 0 fully saturated rings. The van der Waals surface area contributed by atoms with E-state index in [4.69, 9.17) is 8.42 Å². The Labute approximate surface area is 164 Å². The number of hydrogen-bond donors (Lipinski definition) is 0. The first-order chi connectivity index (χ1) is 13.3. The van der Waals surface area contributed by atoms with Crippen molar-refractivity contribution < 1.29 is 26.0 Å². The number of nitrogens with zero attached hydrogens (tertiary/aromatic N) is 2. The lowest BCUT2D eigenvalue weighted by Gasteiger charge is -2.00. The van der Waals surface area contributed by atoms with Crippen LogP contribution in [-0.4, -0.2) is 18.2 Å². The standard InChI is InChI=1S/C11H8F4N2.C6H6.C2H6.O2S/c1-17-9(6-10(16-17)11(13,14)15)7-2-4-8(12)5-3-7;1-2-4-6-5-3-1;1-2;1-3-2/h2-6H,1H3;1-6H;1-2H3;. The number of rotatable bonds is 1. The van der Waals surface area contributed by atoms with E-state index in [0.29, 0.717) is 5.56 Å². The van der Waals surface area contributed by atoms with E-state index in [-0.39, 0.29) is 5.69 Å². The maximum atomic E-state index is 12.7. The summed E-state index contributed by atoms with van der Waals surface area (Å²) in [6.45, 7) is 4.00. The van der Waals surface area contributed by atoms with Crippen molar-refractivity contribution in [2.75, 3.05) is 0 Å². The fourth-order valence-corrected chi connectivity index (χ4v) is 1.88. The van der Waals surface area contributed by atoms with Gasteiger partial charge in [-0.2, -0.15) is 26.7 Å². The van der Waals surface area contributed by atoms with E-state index < -0.39 is 29.3 Å². The van der Waals surface area contributed by atoms with Crippen molar-refractivity contribution in [1.82, 2.24) is 9.78 Å². The molecule has 1 heterocycles. The Bertz CT molecular complexity index is 803. The minimum absolute atomic E-state index is 0.289. The highest BCUT2D eigenvalue weighted by Crippen LogP contribution is 2.31. The van der Waals surface area contributed by atoms with Gasteiger partial charge in [0.2, 0.25) is 0 Å². The van der Waals surface area contributed by atoms with Crippen LogP contribution >= 0.6 is 0 Å². The van der Waals surface area contributed by atoms with Crippen LogP contribution in [0.1, 0.15) is 19.5 Å². The first-order valence-electron chi connectivity index (χ1n) is 8.08. The highest BCUT2D eigenvalue weighted by atomic mass is 32.1. The third-order valence-corrected chi connectivity index (χ3v) is 2.98. The second-order valence-electron chi connectivity index (χ2n) is 4.77. The third-order valence-electron chi connectivity index (χ3n) is 2.98. The summed E-state index contributed by atoms with van der Waals surface area (Å²) in [6.07, 6.45) is -4.48. The van der Waals surface area contributed by atoms with Gasteiger partial charge in [0.25, 0.3) is 0 Å². The maximum absolute atomic E-state index is 12.7. The minimum atomic E-state index is -4.48. The van der Waals surface area contributed by atoms with E-state index >= 15 is 0 Å². The zero-order valence-corrected chi connectivity index (χ0v) is 16.3. The van der Waals surface area contributed by atoms with Gasteiger partial charge in [0.1, 0.15) is 5.82 Å². The average Bonchev–Trinajstić information content (AvgIpc) is 3.09. The van der Waals surface area contributed by atoms with Gasteiger partial charge in [-0.15, -0.1) is 0 Å². The lowest BCUT2D eigenvalue weighted by Crippen LogP contribution is -2.06. The summed E-state index contributed by atoms with van der Waals surface area (Å²) in [4.78, 5) is 0. The van der Waals surface area contributed by atoms with Crippen LogP contribution in [0.2, 0.25) is 0 Å². The van der Waals surface area contributed by atoms with Crippen molar-refractivity contribution in [3.8, 4) is 11.3 Å². The fourth-order valence-electron chi connectivity index (χ4n) is 1.88. The lowest BCUT2D eigenvalue weighted by atomic mass is 10.1. The van der Waals surface area contributed by atoms with Gasteiger partial charge < -0.3 is 0 Å². The lowest BCUT2D eigenvalue weighted by molar-refractivity contribution is -0.141. The molecule has 152 valence electrons. The Balaban J connectivity index is 0.000000547. The van der Waals surface area contributed by atoms with Gasteiger partial charge in [-0.25, -0.2) is 4.39 Å². The van der Waals surface area contributed by atoms with Crippen LogP contribution < -0.4 is 0 Å². The Morgan fingerprint density at radius 1 is 0.893 bits per heavy atom. The van der Waals surface area contributed by atoms with Gasteiger partial charge in [-0.3, -0.25) is 4.68 Å². The Kier molecular flexibility index (Phi) is 12.0. The molecule has 0 amide bonds. The van der Waals surface area contributed by atoms with E-state index in [2.05, 4.69) is 5.10 Å². The molecule has 2 aromatic carbocycles. The molecule has 1 aromatic heterocycles. The largest absolute Gasteiger partial charge is 0.435 e. The molecule has 9 heteroatoms. The molecule has 3 rings (SSSR count). The molecule has 0 aliphatic rings. The molecule has 0 radical (unpaired) electrons. The quantitative estimate of drug-likeness (QED) is 0.507. The van der Waals surface area contributed by atoms with Gasteiger partial charge in [-0.1, -0.05) is 50.2 Å².